The molecule has 0 saturated heterocycles. The van der Waals surface area contributed by atoms with Gasteiger partial charge in [0.1, 0.15) is 5.82 Å². The van der Waals surface area contributed by atoms with Crippen LogP contribution in [-0.2, 0) is 11.2 Å². The van der Waals surface area contributed by atoms with Gasteiger partial charge in [-0.25, -0.2) is 4.98 Å². The smallest absolute Gasteiger partial charge is 0.254 e. The van der Waals surface area contributed by atoms with Crippen molar-refractivity contribution in [2.75, 3.05) is 11.6 Å². The highest BCUT2D eigenvalue weighted by Crippen LogP contribution is 2.24. The van der Waals surface area contributed by atoms with E-state index in [4.69, 9.17) is 0 Å². The van der Waals surface area contributed by atoms with Crippen molar-refractivity contribution in [1.82, 2.24) is 9.97 Å². The minimum Gasteiger partial charge on any atom is -0.325 e. The van der Waals surface area contributed by atoms with Crippen molar-refractivity contribution in [3.63, 3.8) is 0 Å². The van der Waals surface area contributed by atoms with Crippen molar-refractivity contribution in [2.24, 2.45) is 0 Å². The molecule has 0 bridgehead atoms. The molecule has 2 N–H and O–H groups in total. The molecular weight excluding hydrogens is 286 g/mol. The van der Waals surface area contributed by atoms with E-state index in [1.807, 2.05) is 30.5 Å². The monoisotopic (exact) mass is 303 g/mol. The minimum absolute atomic E-state index is 0.0111. The van der Waals surface area contributed by atoms with Gasteiger partial charge in [0.2, 0.25) is 5.91 Å². The van der Waals surface area contributed by atoms with E-state index in [0.717, 1.165) is 10.6 Å². The number of amides is 1. The minimum atomic E-state index is -0.256. The molecule has 2 rings (SSSR count). The summed E-state index contributed by atoms with van der Waals surface area (Å²) in [6.45, 7) is 3.45. The number of hydrogen-bond acceptors (Lipinski definition) is 4. The molecule has 2 aromatic rings. The predicted molar refractivity (Wildman–Crippen MR) is 84.9 cm³/mol. The van der Waals surface area contributed by atoms with Crippen LogP contribution >= 0.6 is 11.8 Å². The molecule has 6 heteroatoms. The van der Waals surface area contributed by atoms with E-state index >= 15 is 0 Å². The van der Waals surface area contributed by atoms with Crippen molar-refractivity contribution >= 4 is 23.4 Å². The van der Waals surface area contributed by atoms with Gasteiger partial charge in [0, 0.05) is 16.2 Å². The van der Waals surface area contributed by atoms with Gasteiger partial charge < -0.3 is 10.3 Å². The van der Waals surface area contributed by atoms with Crippen LogP contribution in [0, 0.1) is 13.8 Å². The molecule has 0 aliphatic carbocycles. The summed E-state index contributed by atoms with van der Waals surface area (Å²) in [4.78, 5) is 31.8. The number of para-hydroxylation sites is 1. The Morgan fingerprint density at radius 2 is 2.05 bits per heavy atom. The molecule has 0 saturated carbocycles. The second-order valence-electron chi connectivity index (χ2n) is 4.64. The van der Waals surface area contributed by atoms with Gasteiger partial charge in [0.25, 0.3) is 5.56 Å². The van der Waals surface area contributed by atoms with Crippen LogP contribution in [0.25, 0.3) is 0 Å². The van der Waals surface area contributed by atoms with Crippen LogP contribution in [0.5, 0.6) is 0 Å². The Morgan fingerprint density at radius 3 is 2.71 bits per heavy atom. The van der Waals surface area contributed by atoms with Gasteiger partial charge in [0.15, 0.2) is 0 Å². The lowest BCUT2D eigenvalue weighted by molar-refractivity contribution is -0.115. The third-order valence-corrected chi connectivity index (χ3v) is 3.85. The lowest BCUT2D eigenvalue weighted by atomic mass is 10.1. The van der Waals surface area contributed by atoms with Gasteiger partial charge in [-0.05, 0) is 32.2 Å². The number of benzene rings is 1. The molecule has 1 amide bonds. The highest BCUT2D eigenvalue weighted by molar-refractivity contribution is 7.98. The number of rotatable bonds is 4. The van der Waals surface area contributed by atoms with Gasteiger partial charge in [-0.2, -0.15) is 0 Å². The largest absolute Gasteiger partial charge is 0.325 e. The van der Waals surface area contributed by atoms with Crippen molar-refractivity contribution in [3.05, 3.63) is 51.7 Å². The molecule has 1 aromatic heterocycles. The molecule has 0 atom stereocenters. The van der Waals surface area contributed by atoms with E-state index in [-0.39, 0.29) is 17.9 Å². The zero-order valence-corrected chi connectivity index (χ0v) is 13.0. The lowest BCUT2D eigenvalue weighted by Gasteiger charge is -2.10. The Balaban J connectivity index is 2.18. The van der Waals surface area contributed by atoms with Crippen molar-refractivity contribution in [1.29, 1.82) is 0 Å². The molecule has 0 aliphatic rings. The zero-order chi connectivity index (χ0) is 15.4. The van der Waals surface area contributed by atoms with E-state index < -0.39 is 0 Å². The summed E-state index contributed by atoms with van der Waals surface area (Å²) >= 11 is 1.56. The summed E-state index contributed by atoms with van der Waals surface area (Å²) in [7, 11) is 0. The van der Waals surface area contributed by atoms with Crippen LogP contribution in [0.4, 0.5) is 5.69 Å². The van der Waals surface area contributed by atoms with Crippen LogP contribution in [0.3, 0.4) is 0 Å². The molecule has 0 spiro atoms. The van der Waals surface area contributed by atoms with Crippen molar-refractivity contribution < 1.29 is 4.79 Å². The van der Waals surface area contributed by atoms with E-state index in [0.29, 0.717) is 17.1 Å². The van der Waals surface area contributed by atoms with Crippen LogP contribution in [0.2, 0.25) is 0 Å². The second kappa shape index (κ2) is 6.58. The zero-order valence-electron chi connectivity index (χ0n) is 12.2. The van der Waals surface area contributed by atoms with Gasteiger partial charge in [-0.3, -0.25) is 9.59 Å². The highest BCUT2D eigenvalue weighted by atomic mass is 32.2. The number of nitrogens with zero attached hydrogens (tertiary/aromatic N) is 1. The third-order valence-electron chi connectivity index (χ3n) is 3.06. The summed E-state index contributed by atoms with van der Waals surface area (Å²) in [5.41, 5.74) is 1.49. The fourth-order valence-electron chi connectivity index (χ4n) is 2.06. The number of thioether (sulfide) groups is 1. The van der Waals surface area contributed by atoms with Gasteiger partial charge in [0.05, 0.1) is 12.1 Å². The number of hydrogen-bond donors (Lipinski definition) is 2. The molecule has 21 heavy (non-hydrogen) atoms. The first-order valence-electron chi connectivity index (χ1n) is 6.50. The third kappa shape index (κ3) is 3.72. The maximum atomic E-state index is 12.1. The highest BCUT2D eigenvalue weighted by Gasteiger charge is 2.13. The predicted octanol–water partition coefficient (Wildman–Crippen LogP) is 2.29. The van der Waals surface area contributed by atoms with Crippen molar-refractivity contribution in [3.8, 4) is 0 Å². The fourth-order valence-corrected chi connectivity index (χ4v) is 2.62. The molecular formula is C15H17N3O2S. The number of aromatic nitrogens is 2. The Kier molecular flexibility index (Phi) is 4.80. The van der Waals surface area contributed by atoms with Crippen LogP contribution < -0.4 is 10.9 Å². The Labute approximate surface area is 127 Å². The molecule has 1 heterocycles. The van der Waals surface area contributed by atoms with Crippen molar-refractivity contribution in [2.45, 2.75) is 25.2 Å². The Bertz CT molecular complexity index is 725. The Morgan fingerprint density at radius 1 is 1.33 bits per heavy atom. The number of H-pyrrole nitrogens is 1. The summed E-state index contributed by atoms with van der Waals surface area (Å²) in [5, 5.41) is 2.84. The standard InChI is InChI=1S/C15H17N3O2S/c1-9-11(15(20)17-10(2)16-9)8-14(19)18-12-6-4-5-7-13(12)21-3/h4-7H,8H2,1-3H3,(H,18,19)(H,16,17,20). The second-order valence-corrected chi connectivity index (χ2v) is 5.49. The van der Waals surface area contributed by atoms with Crippen LogP contribution in [-0.4, -0.2) is 22.1 Å². The maximum absolute atomic E-state index is 12.1. The van der Waals surface area contributed by atoms with Gasteiger partial charge in [-0.1, -0.05) is 12.1 Å². The summed E-state index contributed by atoms with van der Waals surface area (Å²) in [6.07, 6.45) is 1.96. The summed E-state index contributed by atoms with van der Waals surface area (Å²) in [6, 6.07) is 7.56. The summed E-state index contributed by atoms with van der Waals surface area (Å²) < 4.78 is 0. The van der Waals surface area contributed by atoms with E-state index in [1.54, 1.807) is 25.6 Å². The molecule has 0 fully saturated rings. The molecule has 0 radical (unpaired) electrons. The van der Waals surface area contributed by atoms with Gasteiger partial charge in [-0.15, -0.1) is 11.8 Å². The number of anilines is 1. The molecule has 110 valence electrons. The normalized spacial score (nSPS) is 10.4. The number of carbonyl (C=O) groups is 1. The Hall–Kier alpha value is -2.08. The SMILES string of the molecule is CSc1ccccc1NC(=O)Cc1c(C)nc(C)[nH]c1=O. The average molecular weight is 303 g/mol. The fraction of sp³-hybridized carbons (Fsp3) is 0.267. The van der Waals surface area contributed by atoms with Gasteiger partial charge >= 0.3 is 0 Å². The van der Waals surface area contributed by atoms with Crippen LogP contribution in [0.1, 0.15) is 17.1 Å². The molecule has 0 unspecified atom stereocenters. The number of aromatic amines is 1. The first-order valence-corrected chi connectivity index (χ1v) is 7.73. The maximum Gasteiger partial charge on any atom is 0.254 e. The average Bonchev–Trinajstić information content (AvgIpc) is 2.43. The van der Waals surface area contributed by atoms with E-state index in [1.165, 1.54) is 0 Å². The number of carbonyl (C=O) groups excluding carboxylic acids is 1. The molecule has 5 nitrogen and oxygen atoms in total. The first kappa shape index (κ1) is 15.3. The van der Waals surface area contributed by atoms with E-state index in [9.17, 15) is 9.59 Å². The lowest BCUT2D eigenvalue weighted by Crippen LogP contribution is -2.24. The van der Waals surface area contributed by atoms with Crippen LogP contribution in [0.15, 0.2) is 34.0 Å². The van der Waals surface area contributed by atoms with E-state index in [2.05, 4.69) is 15.3 Å². The summed E-state index contributed by atoms with van der Waals surface area (Å²) in [5.74, 6) is 0.324. The topological polar surface area (TPSA) is 74.8 Å². The number of nitrogens with one attached hydrogen (secondary N) is 2. The molecule has 0 aliphatic heterocycles. The molecule has 1 aromatic carbocycles. The quantitative estimate of drug-likeness (QED) is 0.850. The first-order chi connectivity index (χ1) is 10.0. The number of aryl methyl sites for hydroxylation is 2.